The molecule has 0 bridgehead atoms. The molecule has 106 valence electrons. The van der Waals surface area contributed by atoms with E-state index in [-0.39, 0.29) is 11.5 Å². The average Bonchev–Trinajstić information content (AvgIpc) is 2.37. The minimum atomic E-state index is -0.123. The predicted octanol–water partition coefficient (Wildman–Crippen LogP) is 4.40. The number of halogens is 3. The Kier molecular flexibility index (Phi) is 5.09. The molecule has 0 aliphatic carbocycles. The zero-order valence-corrected chi connectivity index (χ0v) is 14.7. The molecule has 0 saturated carbocycles. The summed E-state index contributed by atoms with van der Waals surface area (Å²) in [4.78, 5) is 19.3. The summed E-state index contributed by atoms with van der Waals surface area (Å²) in [5, 5.41) is 1.15. The van der Waals surface area contributed by atoms with E-state index >= 15 is 0 Å². The SMILES string of the molecule is CC(C)c1nc(Cc2c(Cl)cccc2Cl)[nH]c(=O)c1I. The smallest absolute Gasteiger partial charge is 0.264 e. The molecule has 0 aliphatic rings. The summed E-state index contributed by atoms with van der Waals surface area (Å²) in [6, 6.07) is 5.34. The van der Waals surface area contributed by atoms with Crippen LogP contribution in [0.15, 0.2) is 23.0 Å². The van der Waals surface area contributed by atoms with Crippen LogP contribution in [-0.4, -0.2) is 9.97 Å². The molecule has 1 N–H and O–H groups in total. The Balaban J connectivity index is 2.47. The monoisotopic (exact) mass is 422 g/mol. The van der Waals surface area contributed by atoms with E-state index in [0.29, 0.717) is 25.9 Å². The third-order valence-electron chi connectivity index (χ3n) is 2.89. The molecule has 20 heavy (non-hydrogen) atoms. The van der Waals surface area contributed by atoms with Gasteiger partial charge in [0.15, 0.2) is 0 Å². The fraction of sp³-hybridized carbons (Fsp3) is 0.286. The highest BCUT2D eigenvalue weighted by molar-refractivity contribution is 14.1. The normalized spacial score (nSPS) is 11.1. The van der Waals surface area contributed by atoms with Crippen LogP contribution in [0.2, 0.25) is 10.0 Å². The van der Waals surface area contributed by atoms with E-state index in [0.717, 1.165) is 11.3 Å². The first kappa shape index (κ1) is 15.8. The Morgan fingerprint density at radius 1 is 1.30 bits per heavy atom. The number of hydrogen-bond acceptors (Lipinski definition) is 2. The number of H-pyrrole nitrogens is 1. The lowest BCUT2D eigenvalue weighted by molar-refractivity contribution is 0.774. The Morgan fingerprint density at radius 3 is 2.45 bits per heavy atom. The number of nitrogens with one attached hydrogen (secondary N) is 1. The first-order valence-corrected chi connectivity index (χ1v) is 7.95. The second-order valence-electron chi connectivity index (χ2n) is 4.74. The maximum atomic E-state index is 12.0. The molecule has 0 radical (unpaired) electrons. The van der Waals surface area contributed by atoms with Gasteiger partial charge in [0.1, 0.15) is 5.82 Å². The van der Waals surface area contributed by atoms with Gasteiger partial charge in [-0.05, 0) is 46.2 Å². The Hall–Kier alpha value is -0.590. The van der Waals surface area contributed by atoms with E-state index in [9.17, 15) is 4.79 Å². The van der Waals surface area contributed by atoms with Gasteiger partial charge >= 0.3 is 0 Å². The fourth-order valence-corrected chi connectivity index (χ4v) is 3.27. The van der Waals surface area contributed by atoms with E-state index in [1.54, 1.807) is 18.2 Å². The first-order valence-electron chi connectivity index (χ1n) is 6.11. The van der Waals surface area contributed by atoms with Gasteiger partial charge in [0.2, 0.25) is 0 Å². The Labute approximate surface area is 140 Å². The number of rotatable bonds is 3. The summed E-state index contributed by atoms with van der Waals surface area (Å²) in [5.41, 5.74) is 1.45. The van der Waals surface area contributed by atoms with Crippen molar-refractivity contribution in [3.05, 3.63) is 59.3 Å². The van der Waals surface area contributed by atoms with Gasteiger partial charge in [-0.25, -0.2) is 4.98 Å². The average molecular weight is 423 g/mol. The van der Waals surface area contributed by atoms with Gasteiger partial charge in [-0.3, -0.25) is 4.79 Å². The van der Waals surface area contributed by atoms with E-state index in [4.69, 9.17) is 23.2 Å². The summed E-state index contributed by atoms with van der Waals surface area (Å²) in [6.45, 7) is 4.02. The van der Waals surface area contributed by atoms with Crippen molar-refractivity contribution in [3.8, 4) is 0 Å². The molecule has 0 saturated heterocycles. The summed E-state index contributed by atoms with van der Waals surface area (Å²) >= 11 is 14.3. The standard InChI is InChI=1S/C14H13Cl2IN2O/c1-7(2)13-12(17)14(20)19-11(18-13)6-8-9(15)4-3-5-10(8)16/h3-5,7H,6H2,1-2H3,(H,18,19,20). The van der Waals surface area contributed by atoms with Crippen LogP contribution in [0, 0.1) is 3.57 Å². The second kappa shape index (κ2) is 6.45. The summed E-state index contributed by atoms with van der Waals surface area (Å²) in [5.74, 6) is 0.763. The Morgan fingerprint density at radius 2 is 1.90 bits per heavy atom. The van der Waals surface area contributed by atoms with Crippen molar-refractivity contribution in [2.45, 2.75) is 26.2 Å². The quantitative estimate of drug-likeness (QED) is 0.745. The van der Waals surface area contributed by atoms with E-state index < -0.39 is 0 Å². The lowest BCUT2D eigenvalue weighted by Crippen LogP contribution is -2.19. The lowest BCUT2D eigenvalue weighted by Gasteiger charge is -2.11. The Bertz CT molecular complexity index is 678. The van der Waals surface area contributed by atoms with Crippen molar-refractivity contribution in [2.24, 2.45) is 0 Å². The molecule has 0 amide bonds. The fourth-order valence-electron chi connectivity index (χ4n) is 1.86. The molecule has 0 aliphatic heterocycles. The van der Waals surface area contributed by atoms with Crippen molar-refractivity contribution in [3.63, 3.8) is 0 Å². The summed E-state index contributed by atoms with van der Waals surface area (Å²) in [7, 11) is 0. The minimum Gasteiger partial charge on any atom is -0.309 e. The van der Waals surface area contributed by atoms with Crippen molar-refractivity contribution >= 4 is 45.8 Å². The third kappa shape index (κ3) is 3.35. The lowest BCUT2D eigenvalue weighted by atomic mass is 10.1. The largest absolute Gasteiger partial charge is 0.309 e. The minimum absolute atomic E-state index is 0.123. The molecule has 6 heteroatoms. The van der Waals surface area contributed by atoms with Crippen LogP contribution in [0.5, 0.6) is 0 Å². The molecule has 0 unspecified atom stereocenters. The summed E-state index contributed by atoms with van der Waals surface area (Å²) in [6.07, 6.45) is 0.407. The van der Waals surface area contributed by atoms with E-state index in [1.165, 1.54) is 0 Å². The zero-order valence-electron chi connectivity index (χ0n) is 11.0. The van der Waals surface area contributed by atoms with Gasteiger partial charge in [0.05, 0.1) is 9.26 Å². The molecule has 2 aromatic rings. The van der Waals surface area contributed by atoms with Crippen molar-refractivity contribution in [1.82, 2.24) is 9.97 Å². The van der Waals surface area contributed by atoms with Gasteiger partial charge in [0, 0.05) is 16.5 Å². The molecule has 1 aromatic carbocycles. The van der Waals surface area contributed by atoms with Gasteiger partial charge in [-0.2, -0.15) is 0 Å². The van der Waals surface area contributed by atoms with Crippen molar-refractivity contribution in [1.29, 1.82) is 0 Å². The third-order valence-corrected chi connectivity index (χ3v) is 4.64. The molecule has 0 atom stereocenters. The molecular weight excluding hydrogens is 410 g/mol. The molecular formula is C14H13Cl2IN2O. The number of aromatic nitrogens is 2. The van der Waals surface area contributed by atoms with Crippen LogP contribution >= 0.6 is 45.8 Å². The van der Waals surface area contributed by atoms with Gasteiger partial charge < -0.3 is 4.98 Å². The van der Waals surface area contributed by atoms with Crippen LogP contribution in [0.25, 0.3) is 0 Å². The molecule has 0 spiro atoms. The van der Waals surface area contributed by atoms with E-state index in [1.807, 2.05) is 36.4 Å². The predicted molar refractivity (Wildman–Crippen MR) is 90.9 cm³/mol. The van der Waals surface area contributed by atoms with Crippen molar-refractivity contribution < 1.29 is 0 Å². The van der Waals surface area contributed by atoms with Crippen LogP contribution < -0.4 is 5.56 Å². The van der Waals surface area contributed by atoms with Gasteiger partial charge in [-0.15, -0.1) is 0 Å². The maximum Gasteiger partial charge on any atom is 0.264 e. The molecule has 1 heterocycles. The maximum absolute atomic E-state index is 12.0. The first-order chi connectivity index (χ1) is 9.40. The number of benzene rings is 1. The van der Waals surface area contributed by atoms with Gasteiger partial charge in [0.25, 0.3) is 5.56 Å². The number of aromatic amines is 1. The highest BCUT2D eigenvalue weighted by Gasteiger charge is 2.14. The van der Waals surface area contributed by atoms with Crippen LogP contribution in [0.1, 0.15) is 36.8 Å². The second-order valence-corrected chi connectivity index (χ2v) is 6.64. The zero-order chi connectivity index (χ0) is 14.9. The van der Waals surface area contributed by atoms with Gasteiger partial charge in [-0.1, -0.05) is 43.1 Å². The number of nitrogens with zero attached hydrogens (tertiary/aromatic N) is 1. The highest BCUT2D eigenvalue weighted by Crippen LogP contribution is 2.26. The molecule has 3 nitrogen and oxygen atoms in total. The molecule has 2 rings (SSSR count). The highest BCUT2D eigenvalue weighted by atomic mass is 127. The topological polar surface area (TPSA) is 45.8 Å². The van der Waals surface area contributed by atoms with E-state index in [2.05, 4.69) is 9.97 Å². The molecule has 1 aromatic heterocycles. The van der Waals surface area contributed by atoms with Crippen molar-refractivity contribution in [2.75, 3.05) is 0 Å². The van der Waals surface area contributed by atoms with Crippen LogP contribution in [0.3, 0.4) is 0 Å². The van der Waals surface area contributed by atoms with Crippen LogP contribution in [-0.2, 0) is 6.42 Å². The summed E-state index contributed by atoms with van der Waals surface area (Å²) < 4.78 is 0.631. The van der Waals surface area contributed by atoms with Crippen LogP contribution in [0.4, 0.5) is 0 Å². The number of hydrogen-bond donors (Lipinski definition) is 1. The molecule has 0 fully saturated rings.